The van der Waals surface area contributed by atoms with Gasteiger partial charge >= 0.3 is 0 Å². The summed E-state index contributed by atoms with van der Waals surface area (Å²) >= 11 is 0. The van der Waals surface area contributed by atoms with E-state index in [1.165, 1.54) is 30.6 Å². The van der Waals surface area contributed by atoms with Crippen LogP contribution in [0.25, 0.3) is 0 Å². The van der Waals surface area contributed by atoms with Crippen LogP contribution >= 0.6 is 0 Å². The smallest absolute Gasteiger partial charge is 0.129 e. The molecule has 1 aromatic heterocycles. The van der Waals surface area contributed by atoms with E-state index in [-0.39, 0.29) is 0 Å². The van der Waals surface area contributed by atoms with Gasteiger partial charge in [0.15, 0.2) is 0 Å². The zero-order valence-corrected chi connectivity index (χ0v) is 17.3. The molecule has 5 heteroatoms. The van der Waals surface area contributed by atoms with Gasteiger partial charge in [-0.05, 0) is 50.1 Å². The highest BCUT2D eigenvalue weighted by molar-refractivity contribution is 5.53. The maximum Gasteiger partial charge on any atom is 0.129 e. The number of nitrogens with zero attached hydrogens (tertiary/aromatic N) is 3. The predicted octanol–water partition coefficient (Wildman–Crippen LogP) is 3.52. The van der Waals surface area contributed by atoms with Crippen molar-refractivity contribution in [2.45, 2.75) is 39.0 Å². The van der Waals surface area contributed by atoms with Gasteiger partial charge in [0.05, 0.1) is 6.54 Å². The average molecular weight is 384 g/mol. The monoisotopic (exact) mass is 383 g/mol. The van der Waals surface area contributed by atoms with Crippen LogP contribution in [0.15, 0.2) is 40.8 Å². The summed E-state index contributed by atoms with van der Waals surface area (Å²) in [6, 6.07) is 13.6. The number of aryl methyl sites for hydroxylation is 1. The zero-order chi connectivity index (χ0) is 19.3. The first-order valence-electron chi connectivity index (χ1n) is 10.6. The van der Waals surface area contributed by atoms with Gasteiger partial charge in [0, 0.05) is 51.6 Å². The number of benzene rings is 1. The Kier molecular flexibility index (Phi) is 6.35. The summed E-state index contributed by atoms with van der Waals surface area (Å²) in [6.07, 6.45) is 2.59. The number of furan rings is 1. The normalized spacial score (nSPS) is 21.9. The first-order valence-corrected chi connectivity index (χ1v) is 10.6. The molecular formula is C23H33N3O2. The minimum atomic E-state index is 0.549. The molecule has 2 aromatic rings. The molecule has 2 aliphatic heterocycles. The largest absolute Gasteiger partial charge is 0.462 e. The van der Waals surface area contributed by atoms with Crippen molar-refractivity contribution in [3.63, 3.8) is 0 Å². The first kappa shape index (κ1) is 19.5. The van der Waals surface area contributed by atoms with E-state index in [1.54, 1.807) is 7.11 Å². The van der Waals surface area contributed by atoms with E-state index < -0.39 is 0 Å². The number of methoxy groups -OCH3 is 1. The highest BCUT2D eigenvalue weighted by atomic mass is 16.5. The Morgan fingerprint density at radius 1 is 1.00 bits per heavy atom. The van der Waals surface area contributed by atoms with Gasteiger partial charge in [-0.15, -0.1) is 0 Å². The highest BCUT2D eigenvalue weighted by Gasteiger charge is 2.28. The Bertz CT molecular complexity index is 752. The van der Waals surface area contributed by atoms with E-state index in [1.807, 2.05) is 6.07 Å². The molecule has 152 valence electrons. The number of piperazine rings is 1. The van der Waals surface area contributed by atoms with E-state index in [9.17, 15) is 0 Å². The number of anilines is 1. The Balaban J connectivity index is 1.29. The molecular weight excluding hydrogens is 350 g/mol. The van der Waals surface area contributed by atoms with Crippen LogP contribution in [-0.4, -0.2) is 62.2 Å². The lowest BCUT2D eigenvalue weighted by Crippen LogP contribution is -2.55. The molecule has 1 atom stereocenters. The van der Waals surface area contributed by atoms with Crippen LogP contribution in [0.4, 0.5) is 5.69 Å². The van der Waals surface area contributed by atoms with Gasteiger partial charge in [-0.2, -0.15) is 0 Å². The van der Waals surface area contributed by atoms with Crippen LogP contribution in [0.1, 0.15) is 29.9 Å². The average Bonchev–Trinajstić information content (AvgIpc) is 3.16. The second kappa shape index (κ2) is 9.12. The molecule has 3 heterocycles. The van der Waals surface area contributed by atoms with Gasteiger partial charge in [-0.25, -0.2) is 0 Å². The fourth-order valence-electron chi connectivity index (χ4n) is 4.67. The summed E-state index contributed by atoms with van der Waals surface area (Å²) in [6.45, 7) is 10.5. The quantitative estimate of drug-likeness (QED) is 0.762. The first-order chi connectivity index (χ1) is 13.7. The molecule has 0 bridgehead atoms. The number of para-hydroxylation sites is 1. The predicted molar refractivity (Wildman–Crippen MR) is 113 cm³/mol. The number of piperidine rings is 1. The summed E-state index contributed by atoms with van der Waals surface area (Å²) in [5.41, 5.74) is 2.78. The molecule has 5 nitrogen and oxygen atoms in total. The molecule has 0 unspecified atom stereocenters. The molecule has 0 amide bonds. The van der Waals surface area contributed by atoms with Crippen molar-refractivity contribution in [1.82, 2.24) is 9.80 Å². The number of ether oxygens (including phenoxy) is 1. The zero-order valence-electron chi connectivity index (χ0n) is 17.3. The Hall–Kier alpha value is -1.82. The summed E-state index contributed by atoms with van der Waals surface area (Å²) in [7, 11) is 1.70. The van der Waals surface area contributed by atoms with Crippen LogP contribution in [-0.2, 0) is 17.9 Å². The van der Waals surface area contributed by atoms with E-state index in [0.717, 1.165) is 50.8 Å². The molecule has 2 aliphatic rings. The van der Waals surface area contributed by atoms with Crippen molar-refractivity contribution in [1.29, 1.82) is 0 Å². The van der Waals surface area contributed by atoms with Crippen molar-refractivity contribution in [2.24, 2.45) is 0 Å². The van der Waals surface area contributed by atoms with Gasteiger partial charge in [-0.1, -0.05) is 18.2 Å². The third-order valence-electron chi connectivity index (χ3n) is 6.15. The molecule has 4 rings (SSSR count). The molecule has 0 radical (unpaired) electrons. The summed E-state index contributed by atoms with van der Waals surface area (Å²) in [5.74, 6) is 1.97. The molecule has 1 aromatic carbocycles. The lowest BCUT2D eigenvalue weighted by atomic mass is 10.0. The Morgan fingerprint density at radius 3 is 2.57 bits per heavy atom. The van der Waals surface area contributed by atoms with E-state index in [4.69, 9.17) is 9.15 Å². The van der Waals surface area contributed by atoms with Crippen molar-refractivity contribution < 1.29 is 9.15 Å². The third kappa shape index (κ3) is 4.59. The molecule has 28 heavy (non-hydrogen) atoms. The van der Waals surface area contributed by atoms with Crippen molar-refractivity contribution in [3.8, 4) is 0 Å². The number of rotatable bonds is 6. The molecule has 0 saturated carbocycles. The number of likely N-dealkylation sites (tertiary alicyclic amines) is 1. The van der Waals surface area contributed by atoms with Gasteiger partial charge in [-0.3, -0.25) is 9.80 Å². The van der Waals surface area contributed by atoms with E-state index in [0.29, 0.717) is 12.6 Å². The van der Waals surface area contributed by atoms with Crippen molar-refractivity contribution in [3.05, 3.63) is 53.5 Å². The molecule has 0 aliphatic carbocycles. The van der Waals surface area contributed by atoms with Gasteiger partial charge in [0.1, 0.15) is 18.1 Å². The third-order valence-corrected chi connectivity index (χ3v) is 6.15. The Labute approximate surface area is 168 Å². The molecule has 0 spiro atoms. The second-order valence-corrected chi connectivity index (χ2v) is 8.14. The summed E-state index contributed by atoms with van der Waals surface area (Å²) in [5, 5.41) is 0. The minimum absolute atomic E-state index is 0.549. The molecule has 2 fully saturated rings. The molecule has 2 saturated heterocycles. The lowest BCUT2D eigenvalue weighted by molar-refractivity contribution is 0.0837. The van der Waals surface area contributed by atoms with Crippen LogP contribution in [0, 0.1) is 6.92 Å². The second-order valence-electron chi connectivity index (χ2n) is 8.14. The highest BCUT2D eigenvalue weighted by Crippen LogP contribution is 2.24. The summed E-state index contributed by atoms with van der Waals surface area (Å²) in [4.78, 5) is 7.81. The van der Waals surface area contributed by atoms with Gasteiger partial charge in [0.2, 0.25) is 0 Å². The van der Waals surface area contributed by atoms with Crippen molar-refractivity contribution in [2.75, 3.05) is 51.3 Å². The minimum Gasteiger partial charge on any atom is -0.462 e. The van der Waals surface area contributed by atoms with Gasteiger partial charge < -0.3 is 14.1 Å². The molecule has 0 N–H and O–H groups in total. The van der Waals surface area contributed by atoms with E-state index in [2.05, 4.69) is 52.0 Å². The SMILES string of the molecule is COCc1ccc(CN2CCC[C@@H](N3CCN(c4ccccc4C)CC3)C2)o1. The lowest BCUT2D eigenvalue weighted by Gasteiger charge is -2.44. The van der Waals surface area contributed by atoms with Crippen LogP contribution < -0.4 is 4.90 Å². The van der Waals surface area contributed by atoms with Crippen LogP contribution in [0.3, 0.4) is 0 Å². The Morgan fingerprint density at radius 2 is 1.79 bits per heavy atom. The fourth-order valence-corrected chi connectivity index (χ4v) is 4.67. The van der Waals surface area contributed by atoms with Crippen LogP contribution in [0.5, 0.6) is 0 Å². The number of hydrogen-bond donors (Lipinski definition) is 0. The van der Waals surface area contributed by atoms with Gasteiger partial charge in [0.25, 0.3) is 0 Å². The topological polar surface area (TPSA) is 32.1 Å². The maximum atomic E-state index is 5.89. The number of hydrogen-bond acceptors (Lipinski definition) is 5. The van der Waals surface area contributed by atoms with Crippen molar-refractivity contribution >= 4 is 5.69 Å². The van der Waals surface area contributed by atoms with Crippen LogP contribution in [0.2, 0.25) is 0 Å². The summed E-state index contributed by atoms with van der Waals surface area (Å²) < 4.78 is 11.1. The van der Waals surface area contributed by atoms with E-state index >= 15 is 0 Å². The fraction of sp³-hybridized carbons (Fsp3) is 0.565. The maximum absolute atomic E-state index is 5.89. The standard InChI is InChI=1S/C23H33N3O2/c1-19-6-3-4-8-23(19)26-14-12-25(13-15-26)20-7-5-11-24(16-20)17-21-9-10-22(28-21)18-27-2/h3-4,6,8-10,20H,5,7,11-18H2,1-2H3/t20-/m1/s1.